The van der Waals surface area contributed by atoms with Crippen molar-refractivity contribution >= 4 is 11.9 Å². The minimum atomic E-state index is -0.775. The fourth-order valence-corrected chi connectivity index (χ4v) is 0.176. The lowest BCUT2D eigenvalue weighted by Gasteiger charge is -2.01. The molecule has 0 fully saturated rings. The predicted molar refractivity (Wildman–Crippen MR) is 53.3 cm³/mol. The molecule has 0 heterocycles. The number of nitrogens with two attached hydrogens (primary N) is 2. The van der Waals surface area contributed by atoms with E-state index in [2.05, 4.69) is 0 Å². The fraction of sp³-hybridized carbons (Fsp3) is 0.500. The summed E-state index contributed by atoms with van der Waals surface area (Å²) in [5.41, 5.74) is 9.41. The van der Waals surface area contributed by atoms with Crippen molar-refractivity contribution < 1.29 is 10.1 Å². The Hall–Kier alpha value is -2.66. The van der Waals surface area contributed by atoms with Crippen molar-refractivity contribution in [1.29, 1.82) is 10.8 Å². The average molecular weight is 236 g/mol. The molecule has 0 saturated heterocycles. The molecule has 16 heavy (non-hydrogen) atoms. The molecule has 0 aliphatic rings. The zero-order chi connectivity index (χ0) is 13.5. The molecule has 92 valence electrons. The molecule has 0 aliphatic carbocycles. The summed E-state index contributed by atoms with van der Waals surface area (Å²) in [5.74, 6) is -1.15. The van der Waals surface area contributed by atoms with Crippen molar-refractivity contribution in [2.45, 2.75) is 0 Å². The maximum absolute atomic E-state index is 9.65. The van der Waals surface area contributed by atoms with E-state index in [-0.39, 0.29) is 0 Å². The van der Waals surface area contributed by atoms with Crippen LogP contribution < -0.4 is 11.5 Å². The third-order valence-corrected chi connectivity index (χ3v) is 1.19. The number of nitrogens with one attached hydrogen (secondary N) is 2. The predicted octanol–water partition coefficient (Wildman–Crippen LogP) is -1.99. The van der Waals surface area contributed by atoms with E-state index < -0.39 is 22.0 Å². The van der Waals surface area contributed by atoms with Crippen LogP contribution in [-0.4, -0.2) is 46.1 Å². The smallest absolute Gasteiger partial charge is 0.251 e. The van der Waals surface area contributed by atoms with Gasteiger partial charge in [-0.2, -0.15) is 0 Å². The van der Waals surface area contributed by atoms with E-state index in [0.717, 1.165) is 14.1 Å². The van der Waals surface area contributed by atoms with Gasteiger partial charge in [0.1, 0.15) is 0 Å². The number of hydrogen-bond donors (Lipinski definition) is 4. The second kappa shape index (κ2) is 6.74. The van der Waals surface area contributed by atoms with Crippen molar-refractivity contribution in [3.8, 4) is 0 Å². The van der Waals surface area contributed by atoms with E-state index in [9.17, 15) is 20.2 Å². The Kier molecular flexibility index (Phi) is 6.66. The van der Waals surface area contributed by atoms with Gasteiger partial charge < -0.3 is 11.5 Å². The van der Waals surface area contributed by atoms with Crippen LogP contribution in [0.3, 0.4) is 0 Å². The molecule has 0 atom stereocenters. The Labute approximate surface area is 89.7 Å². The van der Waals surface area contributed by atoms with Crippen LogP contribution >= 0.6 is 0 Å². The Morgan fingerprint density at radius 1 is 1.00 bits per heavy atom. The van der Waals surface area contributed by atoms with Crippen LogP contribution in [0.2, 0.25) is 0 Å². The molecule has 0 aliphatic heterocycles. The lowest BCUT2D eigenvalue weighted by molar-refractivity contribution is -0.623. The summed E-state index contributed by atoms with van der Waals surface area (Å²) in [6, 6.07) is 0. The first-order valence-corrected chi connectivity index (χ1v) is 3.55. The standard InChI is InChI=1S/2C2H6N4O2/c2*1-5(2(3)4)6(7)8/h2*1H3,(H3,3,4). The van der Waals surface area contributed by atoms with Crippen LogP contribution in [-0.2, 0) is 0 Å². The summed E-state index contributed by atoms with van der Waals surface area (Å²) in [6.45, 7) is 0. The molecule has 0 spiro atoms. The van der Waals surface area contributed by atoms with Crippen LogP contribution in [0.4, 0.5) is 0 Å². The van der Waals surface area contributed by atoms with Gasteiger partial charge >= 0.3 is 0 Å². The van der Waals surface area contributed by atoms with Gasteiger partial charge in [0.05, 0.1) is 14.1 Å². The van der Waals surface area contributed by atoms with Gasteiger partial charge in [-0.05, 0) is 0 Å². The SMILES string of the molecule is CN(C(=N)N)[N+](=O)[O-].CN(C(=N)N)[N+](=O)[O-]. The molecule has 12 heteroatoms. The molecule has 12 nitrogen and oxygen atoms in total. The van der Waals surface area contributed by atoms with Crippen LogP contribution in [0.15, 0.2) is 0 Å². The first-order chi connectivity index (χ1) is 7.11. The van der Waals surface area contributed by atoms with Gasteiger partial charge in [-0.1, -0.05) is 10.0 Å². The number of hydrogen-bond acceptors (Lipinski definition) is 6. The molecule has 0 rings (SSSR count). The minimum absolute atomic E-state index is 0.417. The second-order valence-electron chi connectivity index (χ2n) is 2.29. The van der Waals surface area contributed by atoms with E-state index >= 15 is 0 Å². The number of nitro groups is 2. The zero-order valence-electron chi connectivity index (χ0n) is 8.58. The summed E-state index contributed by atoms with van der Waals surface area (Å²) in [7, 11) is 2.20. The van der Waals surface area contributed by atoms with Gasteiger partial charge in [0, 0.05) is 0 Å². The Morgan fingerprint density at radius 2 is 1.19 bits per heavy atom. The average Bonchev–Trinajstić information content (AvgIpc) is 2.15. The molecule has 0 radical (unpaired) electrons. The van der Waals surface area contributed by atoms with Crippen LogP contribution in [0.1, 0.15) is 0 Å². The molecule has 0 bridgehead atoms. The van der Waals surface area contributed by atoms with E-state index in [1.165, 1.54) is 0 Å². The van der Waals surface area contributed by atoms with E-state index in [0.29, 0.717) is 10.0 Å². The van der Waals surface area contributed by atoms with Gasteiger partial charge in [-0.25, -0.2) is 20.2 Å². The van der Waals surface area contributed by atoms with Gasteiger partial charge in [0.25, 0.3) is 11.9 Å². The Balaban J connectivity index is 0. The van der Waals surface area contributed by atoms with Crippen molar-refractivity contribution in [3.05, 3.63) is 20.2 Å². The summed E-state index contributed by atoms with van der Waals surface area (Å²) >= 11 is 0. The maximum atomic E-state index is 9.65. The highest BCUT2D eigenvalue weighted by atomic mass is 16.7. The van der Waals surface area contributed by atoms with Crippen molar-refractivity contribution in [1.82, 2.24) is 10.0 Å². The van der Waals surface area contributed by atoms with Crippen LogP contribution in [0, 0.1) is 31.0 Å². The van der Waals surface area contributed by atoms with Crippen molar-refractivity contribution in [2.24, 2.45) is 11.5 Å². The summed E-state index contributed by atoms with van der Waals surface area (Å²) in [5, 5.41) is 31.6. The molecule has 0 aromatic heterocycles. The third-order valence-electron chi connectivity index (χ3n) is 1.19. The lowest BCUT2D eigenvalue weighted by atomic mass is 11.0. The molecule has 0 saturated carbocycles. The fourth-order valence-electron chi connectivity index (χ4n) is 0.176. The molecule has 0 unspecified atom stereocenters. The van der Waals surface area contributed by atoms with Gasteiger partial charge in [0.2, 0.25) is 0 Å². The molecule has 0 aromatic rings. The normalized spacial score (nSPS) is 8.12. The lowest BCUT2D eigenvalue weighted by Crippen LogP contribution is -2.37. The maximum Gasteiger partial charge on any atom is 0.251 e. The summed E-state index contributed by atoms with van der Waals surface area (Å²) in [6.07, 6.45) is 0. The topological polar surface area (TPSA) is 192 Å². The molecule has 0 aromatic carbocycles. The monoisotopic (exact) mass is 236 g/mol. The summed E-state index contributed by atoms with van der Waals surface area (Å²) in [4.78, 5) is 19.3. The molecule has 6 N–H and O–H groups in total. The number of hydrazine groups is 2. The van der Waals surface area contributed by atoms with E-state index in [1.54, 1.807) is 0 Å². The highest BCUT2D eigenvalue weighted by Gasteiger charge is 2.08. The van der Waals surface area contributed by atoms with Crippen molar-refractivity contribution in [2.75, 3.05) is 14.1 Å². The first-order valence-electron chi connectivity index (χ1n) is 3.55. The van der Waals surface area contributed by atoms with Crippen LogP contribution in [0.5, 0.6) is 0 Å². The third kappa shape index (κ3) is 6.81. The quantitative estimate of drug-likeness (QED) is 0.183. The van der Waals surface area contributed by atoms with E-state index in [4.69, 9.17) is 22.3 Å². The highest BCUT2D eigenvalue weighted by Crippen LogP contribution is 1.76. The summed E-state index contributed by atoms with van der Waals surface area (Å²) < 4.78 is 0. The zero-order valence-corrected chi connectivity index (χ0v) is 8.58. The van der Waals surface area contributed by atoms with Crippen LogP contribution in [0.25, 0.3) is 0 Å². The molecular weight excluding hydrogens is 224 g/mol. The first kappa shape index (κ1) is 15.8. The number of nitrogens with zero attached hydrogens (tertiary/aromatic N) is 4. The minimum Gasteiger partial charge on any atom is -0.365 e. The Bertz CT molecular complexity index is 244. The molecule has 0 amide bonds. The number of guanidine groups is 2. The second-order valence-corrected chi connectivity index (χ2v) is 2.29. The Morgan fingerprint density at radius 3 is 1.19 bits per heavy atom. The van der Waals surface area contributed by atoms with Gasteiger partial charge in [-0.15, -0.1) is 0 Å². The van der Waals surface area contributed by atoms with Gasteiger partial charge in [-0.3, -0.25) is 10.8 Å². The number of rotatable bonds is 2. The van der Waals surface area contributed by atoms with Gasteiger partial charge in [0.15, 0.2) is 10.1 Å². The highest BCUT2D eigenvalue weighted by molar-refractivity contribution is 5.73. The van der Waals surface area contributed by atoms with E-state index in [1.807, 2.05) is 0 Å². The molecular formula is C4H12N8O4. The largest absolute Gasteiger partial charge is 0.365 e. The van der Waals surface area contributed by atoms with Crippen molar-refractivity contribution in [3.63, 3.8) is 0 Å².